The van der Waals surface area contributed by atoms with E-state index in [1.54, 1.807) is 6.07 Å². The first-order valence-corrected chi connectivity index (χ1v) is 7.10. The third-order valence-electron chi connectivity index (χ3n) is 2.87. The molecule has 0 saturated carbocycles. The number of nitrogens with zero attached hydrogens (tertiary/aromatic N) is 2. The lowest BCUT2D eigenvalue weighted by molar-refractivity contribution is 0.102. The van der Waals surface area contributed by atoms with Crippen molar-refractivity contribution in [1.29, 1.82) is 0 Å². The fourth-order valence-corrected chi connectivity index (χ4v) is 2.25. The largest absolute Gasteiger partial charge is 0.328 e. The monoisotopic (exact) mass is 359 g/mol. The number of benzene rings is 1. The number of hydrogen-bond donors (Lipinski definition) is 3. The van der Waals surface area contributed by atoms with Crippen molar-refractivity contribution in [2.24, 2.45) is 0 Å². The van der Waals surface area contributed by atoms with Gasteiger partial charge in [-0.1, -0.05) is 28.1 Å². The van der Waals surface area contributed by atoms with E-state index >= 15 is 0 Å². The second-order valence-corrected chi connectivity index (χ2v) is 5.30. The molecule has 1 aromatic carbocycles. The lowest BCUT2D eigenvalue weighted by Gasteiger charge is -1.99. The molecular formula is C14H10BrN5O2. The van der Waals surface area contributed by atoms with Crippen molar-refractivity contribution < 1.29 is 4.79 Å². The number of aromatic amines is 2. The van der Waals surface area contributed by atoms with E-state index in [9.17, 15) is 9.59 Å². The molecule has 1 amide bonds. The molecule has 0 fully saturated rings. The van der Waals surface area contributed by atoms with Gasteiger partial charge < -0.3 is 4.98 Å². The van der Waals surface area contributed by atoms with Crippen molar-refractivity contribution >= 4 is 27.8 Å². The molecule has 3 aromatic rings. The lowest BCUT2D eigenvalue weighted by Crippen LogP contribution is -2.22. The number of halogens is 1. The topological polar surface area (TPSA) is 104 Å². The van der Waals surface area contributed by atoms with Crippen LogP contribution in [-0.4, -0.2) is 26.1 Å². The van der Waals surface area contributed by atoms with E-state index < -0.39 is 11.5 Å². The van der Waals surface area contributed by atoms with Crippen LogP contribution in [0.4, 0.5) is 5.95 Å². The Labute approximate surface area is 132 Å². The van der Waals surface area contributed by atoms with Crippen LogP contribution in [0.3, 0.4) is 0 Å². The van der Waals surface area contributed by atoms with Crippen LogP contribution < -0.4 is 10.9 Å². The van der Waals surface area contributed by atoms with E-state index in [-0.39, 0.29) is 11.5 Å². The Morgan fingerprint density at radius 2 is 2.09 bits per heavy atom. The molecule has 0 aliphatic rings. The second kappa shape index (κ2) is 5.94. The zero-order chi connectivity index (χ0) is 15.5. The number of amides is 1. The molecule has 0 bridgehead atoms. The van der Waals surface area contributed by atoms with E-state index in [1.807, 2.05) is 24.3 Å². The third kappa shape index (κ3) is 2.96. The summed E-state index contributed by atoms with van der Waals surface area (Å²) in [5.41, 5.74) is 0.346. The molecule has 0 atom stereocenters. The Bertz CT molecular complexity index is 886. The maximum atomic E-state index is 12.0. The standard InChI is InChI=1S/C14H10BrN5O2/c15-9-4-1-3-8(7-9)11-17-14(20-19-11)18-13(22)10-5-2-6-16-12(10)21/h1-7H,(H,16,21)(H2,17,18,19,20,22). The summed E-state index contributed by atoms with van der Waals surface area (Å²) in [6.07, 6.45) is 1.46. The highest BCUT2D eigenvalue weighted by molar-refractivity contribution is 9.10. The van der Waals surface area contributed by atoms with E-state index in [0.29, 0.717) is 5.82 Å². The first-order valence-electron chi connectivity index (χ1n) is 6.31. The quantitative estimate of drug-likeness (QED) is 0.666. The molecular weight excluding hydrogens is 350 g/mol. The van der Waals surface area contributed by atoms with Crippen molar-refractivity contribution in [3.8, 4) is 11.4 Å². The van der Waals surface area contributed by atoms with E-state index in [0.717, 1.165) is 10.0 Å². The van der Waals surface area contributed by atoms with Crippen LogP contribution in [0.5, 0.6) is 0 Å². The number of pyridine rings is 1. The van der Waals surface area contributed by atoms with E-state index in [1.165, 1.54) is 12.3 Å². The molecule has 8 heteroatoms. The van der Waals surface area contributed by atoms with Gasteiger partial charge in [-0.05, 0) is 24.3 Å². The van der Waals surface area contributed by atoms with Crippen molar-refractivity contribution in [2.75, 3.05) is 5.32 Å². The zero-order valence-electron chi connectivity index (χ0n) is 11.1. The van der Waals surface area contributed by atoms with Crippen LogP contribution in [0.25, 0.3) is 11.4 Å². The highest BCUT2D eigenvalue weighted by Gasteiger charge is 2.13. The molecule has 3 rings (SSSR count). The molecule has 22 heavy (non-hydrogen) atoms. The summed E-state index contributed by atoms with van der Waals surface area (Å²) >= 11 is 3.38. The number of nitrogens with one attached hydrogen (secondary N) is 3. The van der Waals surface area contributed by atoms with Gasteiger partial charge in [0.15, 0.2) is 5.82 Å². The predicted molar refractivity (Wildman–Crippen MR) is 84.5 cm³/mol. The molecule has 7 nitrogen and oxygen atoms in total. The minimum absolute atomic E-state index is 0.00342. The van der Waals surface area contributed by atoms with Crippen molar-refractivity contribution in [3.05, 3.63) is 63.0 Å². The summed E-state index contributed by atoms with van der Waals surface area (Å²) in [4.78, 5) is 30.2. The van der Waals surface area contributed by atoms with Gasteiger partial charge in [0.1, 0.15) is 5.56 Å². The normalized spacial score (nSPS) is 10.4. The second-order valence-electron chi connectivity index (χ2n) is 4.39. The first-order chi connectivity index (χ1) is 10.6. The average molecular weight is 360 g/mol. The van der Waals surface area contributed by atoms with Gasteiger partial charge in [0.2, 0.25) is 5.95 Å². The Kier molecular flexibility index (Phi) is 3.84. The molecule has 0 saturated heterocycles. The molecule has 0 aliphatic heterocycles. The maximum Gasteiger partial charge on any atom is 0.263 e. The van der Waals surface area contributed by atoms with Gasteiger partial charge in [-0.3, -0.25) is 20.0 Å². The van der Waals surface area contributed by atoms with Crippen LogP contribution in [0.2, 0.25) is 0 Å². The van der Waals surface area contributed by atoms with Gasteiger partial charge >= 0.3 is 0 Å². The highest BCUT2D eigenvalue weighted by Crippen LogP contribution is 2.20. The summed E-state index contributed by atoms with van der Waals surface area (Å²) in [7, 11) is 0. The number of aromatic nitrogens is 4. The van der Waals surface area contributed by atoms with Gasteiger partial charge in [0.05, 0.1) is 0 Å². The van der Waals surface area contributed by atoms with Crippen LogP contribution >= 0.6 is 15.9 Å². The van der Waals surface area contributed by atoms with Crippen LogP contribution in [0.1, 0.15) is 10.4 Å². The summed E-state index contributed by atoms with van der Waals surface area (Å²) in [5, 5.41) is 9.14. The number of anilines is 1. The van der Waals surface area contributed by atoms with Crippen molar-refractivity contribution in [3.63, 3.8) is 0 Å². The predicted octanol–water partition coefficient (Wildman–Crippen LogP) is 2.17. The Morgan fingerprint density at radius 1 is 1.23 bits per heavy atom. The Morgan fingerprint density at radius 3 is 2.86 bits per heavy atom. The van der Waals surface area contributed by atoms with E-state index in [4.69, 9.17) is 0 Å². The lowest BCUT2D eigenvalue weighted by atomic mass is 10.2. The van der Waals surface area contributed by atoms with Gasteiger partial charge in [0.25, 0.3) is 11.5 Å². The molecule has 3 N–H and O–H groups in total. The highest BCUT2D eigenvalue weighted by atomic mass is 79.9. The first kappa shape index (κ1) is 14.2. The van der Waals surface area contributed by atoms with Crippen LogP contribution in [-0.2, 0) is 0 Å². The minimum atomic E-state index is -0.568. The van der Waals surface area contributed by atoms with Crippen LogP contribution in [0, 0.1) is 0 Å². The van der Waals surface area contributed by atoms with Crippen LogP contribution in [0.15, 0.2) is 51.9 Å². The third-order valence-corrected chi connectivity index (χ3v) is 3.36. The molecule has 110 valence electrons. The fourth-order valence-electron chi connectivity index (χ4n) is 1.85. The zero-order valence-corrected chi connectivity index (χ0v) is 12.7. The van der Waals surface area contributed by atoms with Crippen molar-refractivity contribution in [2.45, 2.75) is 0 Å². The number of rotatable bonds is 3. The molecule has 2 heterocycles. The Balaban J connectivity index is 1.82. The van der Waals surface area contributed by atoms with Gasteiger partial charge in [0, 0.05) is 16.2 Å². The molecule has 0 radical (unpaired) electrons. The maximum absolute atomic E-state index is 12.0. The van der Waals surface area contributed by atoms with Gasteiger partial charge in [-0.15, -0.1) is 5.10 Å². The Hall–Kier alpha value is -2.74. The van der Waals surface area contributed by atoms with E-state index in [2.05, 4.69) is 41.4 Å². The fraction of sp³-hybridized carbons (Fsp3) is 0. The van der Waals surface area contributed by atoms with Gasteiger partial charge in [-0.25, -0.2) is 0 Å². The summed E-state index contributed by atoms with van der Waals surface area (Å²) in [5.74, 6) is 0.0449. The molecule has 0 spiro atoms. The number of H-pyrrole nitrogens is 2. The smallest absolute Gasteiger partial charge is 0.263 e. The number of carbonyl (C=O) groups excluding carboxylic acids is 1. The average Bonchev–Trinajstić information content (AvgIpc) is 2.96. The van der Waals surface area contributed by atoms with Gasteiger partial charge in [-0.2, -0.15) is 4.98 Å². The SMILES string of the molecule is O=C(Nc1n[nH]c(-c2cccc(Br)c2)n1)c1ccc[nH]c1=O. The summed E-state index contributed by atoms with van der Waals surface area (Å²) in [6.45, 7) is 0. The molecule has 0 unspecified atom stereocenters. The molecule has 0 aliphatic carbocycles. The molecule has 2 aromatic heterocycles. The summed E-state index contributed by atoms with van der Waals surface area (Å²) in [6, 6.07) is 10.5. The number of carbonyl (C=O) groups is 1. The number of hydrogen-bond acceptors (Lipinski definition) is 4. The van der Waals surface area contributed by atoms with Crippen molar-refractivity contribution in [1.82, 2.24) is 20.2 Å². The minimum Gasteiger partial charge on any atom is -0.328 e. The summed E-state index contributed by atoms with van der Waals surface area (Å²) < 4.78 is 0.905.